The van der Waals surface area contributed by atoms with Gasteiger partial charge in [-0.2, -0.15) is 0 Å². The number of ether oxygens (including phenoxy) is 1. The first-order valence-electron chi connectivity index (χ1n) is 8.98. The van der Waals surface area contributed by atoms with Crippen LogP contribution in [-0.2, 0) is 10.0 Å². The normalized spacial score (nSPS) is 11.3. The molecule has 0 aliphatic carbocycles. The molecule has 2 aromatic carbocycles. The van der Waals surface area contributed by atoms with Crippen LogP contribution in [0.4, 0.5) is 5.69 Å². The fraction of sp³-hybridized carbons (Fsp3) is 0.238. The van der Waals surface area contributed by atoms with E-state index in [1.54, 1.807) is 30.3 Å². The van der Waals surface area contributed by atoms with Crippen LogP contribution < -0.4 is 9.46 Å². The Labute approximate surface area is 165 Å². The monoisotopic (exact) mass is 397 g/mol. The van der Waals surface area contributed by atoms with E-state index >= 15 is 0 Å². The first kappa shape index (κ1) is 19.8. The zero-order valence-electron chi connectivity index (χ0n) is 16.4. The fourth-order valence-corrected chi connectivity index (χ4v) is 4.72. The summed E-state index contributed by atoms with van der Waals surface area (Å²) in [6, 6.07) is 14.3. The Morgan fingerprint density at radius 3 is 2.11 bits per heavy atom. The van der Waals surface area contributed by atoms with Crippen molar-refractivity contribution >= 4 is 15.7 Å². The summed E-state index contributed by atoms with van der Waals surface area (Å²) in [5, 5.41) is 8.15. The van der Waals surface area contributed by atoms with E-state index in [2.05, 4.69) is 14.9 Å². The molecular weight excluding hydrogens is 374 g/mol. The van der Waals surface area contributed by atoms with Gasteiger partial charge in [-0.25, -0.2) is 8.42 Å². The van der Waals surface area contributed by atoms with Gasteiger partial charge < -0.3 is 4.74 Å². The number of benzene rings is 2. The van der Waals surface area contributed by atoms with Crippen LogP contribution >= 0.6 is 0 Å². The molecular formula is C21H23N3O3S. The molecule has 3 rings (SSSR count). The van der Waals surface area contributed by atoms with Crippen LogP contribution in [0.1, 0.15) is 23.6 Å². The third-order valence-corrected chi connectivity index (χ3v) is 5.92. The summed E-state index contributed by atoms with van der Waals surface area (Å²) in [6.07, 6.45) is 0. The molecule has 146 valence electrons. The molecule has 7 heteroatoms. The maximum absolute atomic E-state index is 12.9. The minimum atomic E-state index is -3.68. The third-order valence-electron chi connectivity index (χ3n) is 4.24. The SMILES string of the molecule is CCOc1ccc(-c2ccc(NS(=O)(=O)c3c(C)cc(C)cc3C)cc2)nn1. The average Bonchev–Trinajstić information content (AvgIpc) is 2.62. The lowest BCUT2D eigenvalue weighted by atomic mass is 10.1. The van der Waals surface area contributed by atoms with Gasteiger partial charge >= 0.3 is 0 Å². The van der Waals surface area contributed by atoms with E-state index in [0.717, 1.165) is 22.3 Å². The molecule has 0 radical (unpaired) electrons. The van der Waals surface area contributed by atoms with Gasteiger partial charge in [0.15, 0.2) is 0 Å². The van der Waals surface area contributed by atoms with Crippen LogP contribution in [0, 0.1) is 20.8 Å². The number of hydrogen-bond acceptors (Lipinski definition) is 5. The minimum absolute atomic E-state index is 0.319. The second-order valence-corrected chi connectivity index (χ2v) is 8.22. The first-order valence-corrected chi connectivity index (χ1v) is 10.5. The van der Waals surface area contributed by atoms with Gasteiger partial charge in [0.05, 0.1) is 17.2 Å². The van der Waals surface area contributed by atoms with Crippen molar-refractivity contribution in [3.63, 3.8) is 0 Å². The Kier molecular flexibility index (Phi) is 5.65. The quantitative estimate of drug-likeness (QED) is 0.672. The number of aromatic nitrogens is 2. The zero-order chi connectivity index (χ0) is 20.3. The largest absolute Gasteiger partial charge is 0.477 e. The van der Waals surface area contributed by atoms with Crippen LogP contribution in [0.15, 0.2) is 53.4 Å². The lowest BCUT2D eigenvalue weighted by Gasteiger charge is -2.14. The van der Waals surface area contributed by atoms with Crippen LogP contribution in [0.2, 0.25) is 0 Å². The molecule has 1 aromatic heterocycles. The molecule has 0 saturated carbocycles. The highest BCUT2D eigenvalue weighted by atomic mass is 32.2. The van der Waals surface area contributed by atoms with Crippen molar-refractivity contribution < 1.29 is 13.2 Å². The lowest BCUT2D eigenvalue weighted by Crippen LogP contribution is -2.15. The molecule has 3 aromatic rings. The van der Waals surface area contributed by atoms with Crippen molar-refractivity contribution in [3.8, 4) is 17.1 Å². The van der Waals surface area contributed by atoms with Gasteiger partial charge in [-0.3, -0.25) is 4.72 Å². The van der Waals surface area contributed by atoms with Crippen LogP contribution in [-0.4, -0.2) is 25.2 Å². The zero-order valence-corrected chi connectivity index (χ0v) is 17.2. The first-order chi connectivity index (χ1) is 13.3. The van der Waals surface area contributed by atoms with E-state index in [1.165, 1.54) is 0 Å². The van der Waals surface area contributed by atoms with E-state index in [9.17, 15) is 8.42 Å². The minimum Gasteiger partial charge on any atom is -0.477 e. The van der Waals surface area contributed by atoms with Crippen molar-refractivity contribution in [1.29, 1.82) is 0 Å². The molecule has 28 heavy (non-hydrogen) atoms. The standard InChI is InChI=1S/C21H23N3O3S/c1-5-27-20-11-10-19(22-23-20)17-6-8-18(9-7-17)24-28(25,26)21-15(3)12-14(2)13-16(21)4/h6-13,24H,5H2,1-4H3. The van der Waals surface area contributed by atoms with E-state index < -0.39 is 10.0 Å². The molecule has 0 amide bonds. The molecule has 0 fully saturated rings. The Bertz CT molecular complexity index is 1050. The molecule has 6 nitrogen and oxygen atoms in total. The Morgan fingerprint density at radius 2 is 1.57 bits per heavy atom. The van der Waals surface area contributed by atoms with Gasteiger partial charge in [-0.15, -0.1) is 10.2 Å². The second kappa shape index (κ2) is 7.98. The topological polar surface area (TPSA) is 81.2 Å². The molecule has 0 atom stereocenters. The molecule has 0 unspecified atom stereocenters. The number of nitrogens with one attached hydrogen (secondary N) is 1. The van der Waals surface area contributed by atoms with Gasteiger partial charge in [0, 0.05) is 17.3 Å². The van der Waals surface area contributed by atoms with Crippen molar-refractivity contribution in [2.45, 2.75) is 32.6 Å². The van der Waals surface area contributed by atoms with E-state index in [1.807, 2.05) is 45.9 Å². The number of hydrogen-bond donors (Lipinski definition) is 1. The fourth-order valence-electron chi connectivity index (χ4n) is 3.20. The van der Waals surface area contributed by atoms with E-state index in [0.29, 0.717) is 28.8 Å². The lowest BCUT2D eigenvalue weighted by molar-refractivity contribution is 0.323. The summed E-state index contributed by atoms with van der Waals surface area (Å²) < 4.78 is 33.7. The van der Waals surface area contributed by atoms with Gasteiger partial charge in [0.25, 0.3) is 10.0 Å². The summed E-state index contributed by atoms with van der Waals surface area (Å²) in [4.78, 5) is 0.319. The predicted molar refractivity (Wildman–Crippen MR) is 110 cm³/mol. The molecule has 0 bridgehead atoms. The van der Waals surface area contributed by atoms with Gasteiger partial charge in [-0.1, -0.05) is 29.8 Å². The summed E-state index contributed by atoms with van der Waals surface area (Å²) in [5.74, 6) is 0.472. The number of rotatable bonds is 6. The average molecular weight is 398 g/mol. The maximum Gasteiger partial charge on any atom is 0.262 e. The van der Waals surface area contributed by atoms with E-state index in [4.69, 9.17) is 4.74 Å². The summed E-state index contributed by atoms with van der Waals surface area (Å²) in [5.41, 5.74) is 4.50. The molecule has 0 aliphatic rings. The van der Waals surface area contributed by atoms with Crippen LogP contribution in [0.25, 0.3) is 11.3 Å². The molecule has 0 saturated heterocycles. The predicted octanol–water partition coefficient (Wildman–Crippen LogP) is 4.27. The van der Waals surface area contributed by atoms with Gasteiger partial charge in [0.1, 0.15) is 0 Å². The van der Waals surface area contributed by atoms with Gasteiger partial charge in [0.2, 0.25) is 5.88 Å². The summed E-state index contributed by atoms with van der Waals surface area (Å²) in [6.45, 7) is 7.98. The van der Waals surface area contributed by atoms with Crippen molar-refractivity contribution in [2.75, 3.05) is 11.3 Å². The van der Waals surface area contributed by atoms with Crippen LogP contribution in [0.3, 0.4) is 0 Å². The maximum atomic E-state index is 12.9. The second-order valence-electron chi connectivity index (χ2n) is 6.60. The van der Waals surface area contributed by atoms with Crippen molar-refractivity contribution in [3.05, 3.63) is 65.2 Å². The Hall–Kier alpha value is -2.93. The molecule has 1 N–H and O–H groups in total. The third kappa shape index (κ3) is 4.31. The highest BCUT2D eigenvalue weighted by molar-refractivity contribution is 7.92. The van der Waals surface area contributed by atoms with E-state index in [-0.39, 0.29) is 0 Å². The molecule has 0 aliphatic heterocycles. The van der Waals surface area contributed by atoms with Crippen LogP contribution in [0.5, 0.6) is 5.88 Å². The van der Waals surface area contributed by atoms with Crippen molar-refractivity contribution in [2.24, 2.45) is 0 Å². The smallest absolute Gasteiger partial charge is 0.262 e. The number of nitrogens with zero attached hydrogens (tertiary/aromatic N) is 2. The van der Waals surface area contributed by atoms with Crippen molar-refractivity contribution in [1.82, 2.24) is 10.2 Å². The molecule has 0 spiro atoms. The number of sulfonamides is 1. The summed E-state index contributed by atoms with van der Waals surface area (Å²) in [7, 11) is -3.68. The number of anilines is 1. The number of aryl methyl sites for hydroxylation is 3. The highest BCUT2D eigenvalue weighted by Gasteiger charge is 2.20. The summed E-state index contributed by atoms with van der Waals surface area (Å²) >= 11 is 0. The Morgan fingerprint density at radius 1 is 0.929 bits per heavy atom. The Balaban J connectivity index is 1.82. The highest BCUT2D eigenvalue weighted by Crippen LogP contribution is 2.26. The van der Waals surface area contributed by atoms with Gasteiger partial charge in [-0.05, 0) is 57.0 Å². The molecule has 1 heterocycles.